The summed E-state index contributed by atoms with van der Waals surface area (Å²) >= 11 is 6.16. The first-order valence-corrected chi connectivity index (χ1v) is 7.59. The fourth-order valence-corrected chi connectivity index (χ4v) is 3.00. The maximum absolute atomic E-state index is 12.1. The lowest BCUT2D eigenvalue weighted by atomic mass is 9.86. The molecule has 20 heavy (non-hydrogen) atoms. The van der Waals surface area contributed by atoms with Crippen LogP contribution in [0.2, 0.25) is 5.02 Å². The first-order chi connectivity index (χ1) is 9.60. The molecular weight excluding hydrogens is 274 g/mol. The molecule has 1 aromatic rings. The smallest absolute Gasteiger partial charge is 0.224 e. The summed E-state index contributed by atoms with van der Waals surface area (Å²) in [6.07, 6.45) is 5.10. The van der Waals surface area contributed by atoms with Gasteiger partial charge in [-0.3, -0.25) is 4.79 Å². The number of methoxy groups -OCH3 is 1. The third-order valence-corrected chi connectivity index (χ3v) is 4.42. The van der Waals surface area contributed by atoms with E-state index in [0.29, 0.717) is 29.2 Å². The molecule has 4 heteroatoms. The van der Waals surface area contributed by atoms with E-state index in [-0.39, 0.29) is 5.91 Å². The van der Waals surface area contributed by atoms with Crippen molar-refractivity contribution in [2.24, 2.45) is 5.92 Å². The molecular formula is C16H22ClNO2. The normalized spacial score (nSPS) is 22.4. The molecule has 1 fully saturated rings. The quantitative estimate of drug-likeness (QED) is 0.922. The second kappa shape index (κ2) is 6.98. The van der Waals surface area contributed by atoms with Crippen LogP contribution in [0.15, 0.2) is 18.2 Å². The molecule has 1 aromatic carbocycles. The maximum atomic E-state index is 12.1. The van der Waals surface area contributed by atoms with Crippen LogP contribution in [0.4, 0.5) is 0 Å². The maximum Gasteiger partial charge on any atom is 0.224 e. The van der Waals surface area contributed by atoms with E-state index >= 15 is 0 Å². The van der Waals surface area contributed by atoms with Crippen LogP contribution in [0, 0.1) is 5.92 Å². The topological polar surface area (TPSA) is 38.3 Å². The second-order valence-electron chi connectivity index (χ2n) is 5.57. The number of carbonyl (C=O) groups is 1. The van der Waals surface area contributed by atoms with Gasteiger partial charge in [0, 0.05) is 11.1 Å². The van der Waals surface area contributed by atoms with Gasteiger partial charge in [-0.1, -0.05) is 37.4 Å². The first-order valence-electron chi connectivity index (χ1n) is 7.22. The van der Waals surface area contributed by atoms with E-state index in [2.05, 4.69) is 12.2 Å². The minimum Gasteiger partial charge on any atom is -0.497 e. The first kappa shape index (κ1) is 15.2. The third kappa shape index (κ3) is 3.89. The highest BCUT2D eigenvalue weighted by atomic mass is 35.5. The summed E-state index contributed by atoms with van der Waals surface area (Å²) in [4.78, 5) is 12.1. The molecule has 0 heterocycles. The van der Waals surface area contributed by atoms with Crippen LogP contribution < -0.4 is 10.1 Å². The summed E-state index contributed by atoms with van der Waals surface area (Å²) in [5.74, 6) is 1.33. The molecule has 2 rings (SSSR count). The van der Waals surface area contributed by atoms with Crippen LogP contribution in [-0.2, 0) is 11.2 Å². The fourth-order valence-electron chi connectivity index (χ4n) is 2.76. The summed E-state index contributed by atoms with van der Waals surface area (Å²) in [7, 11) is 1.60. The standard InChI is InChI=1S/C16H22ClNO2/c1-11-5-3-4-6-15(11)18-16(19)9-12-7-8-13(20-2)10-14(12)17/h7-8,10-11,15H,3-6,9H2,1-2H3,(H,18,19). The molecule has 0 radical (unpaired) electrons. The molecule has 3 nitrogen and oxygen atoms in total. The summed E-state index contributed by atoms with van der Waals surface area (Å²) in [6, 6.07) is 5.74. The number of ether oxygens (including phenoxy) is 1. The lowest BCUT2D eigenvalue weighted by Gasteiger charge is -2.29. The van der Waals surface area contributed by atoms with Crippen LogP contribution in [0.3, 0.4) is 0 Å². The lowest BCUT2D eigenvalue weighted by molar-refractivity contribution is -0.121. The Kier molecular flexibility index (Phi) is 5.30. The highest BCUT2D eigenvalue weighted by molar-refractivity contribution is 6.31. The van der Waals surface area contributed by atoms with Gasteiger partial charge >= 0.3 is 0 Å². The van der Waals surface area contributed by atoms with Gasteiger partial charge in [-0.2, -0.15) is 0 Å². The van der Waals surface area contributed by atoms with Gasteiger partial charge in [0.25, 0.3) is 0 Å². The molecule has 0 saturated heterocycles. The van der Waals surface area contributed by atoms with Gasteiger partial charge in [0.2, 0.25) is 5.91 Å². The van der Waals surface area contributed by atoms with E-state index in [9.17, 15) is 4.79 Å². The highest BCUT2D eigenvalue weighted by Crippen LogP contribution is 2.25. The molecule has 110 valence electrons. The SMILES string of the molecule is COc1ccc(CC(=O)NC2CCCCC2C)c(Cl)c1. The number of benzene rings is 1. The molecule has 1 saturated carbocycles. The van der Waals surface area contributed by atoms with E-state index < -0.39 is 0 Å². The summed E-state index contributed by atoms with van der Waals surface area (Å²) in [5, 5.41) is 3.72. The molecule has 0 spiro atoms. The number of carbonyl (C=O) groups excluding carboxylic acids is 1. The summed E-state index contributed by atoms with van der Waals surface area (Å²) < 4.78 is 5.11. The lowest BCUT2D eigenvalue weighted by Crippen LogP contribution is -2.41. The van der Waals surface area contributed by atoms with Gasteiger partial charge in [0.15, 0.2) is 0 Å². The predicted molar refractivity (Wildman–Crippen MR) is 81.3 cm³/mol. The van der Waals surface area contributed by atoms with Crippen LogP contribution in [-0.4, -0.2) is 19.1 Å². The van der Waals surface area contributed by atoms with E-state index in [4.69, 9.17) is 16.3 Å². The van der Waals surface area contributed by atoms with Crippen molar-refractivity contribution in [2.45, 2.75) is 45.1 Å². The number of rotatable bonds is 4. The van der Waals surface area contributed by atoms with Crippen LogP contribution in [0.25, 0.3) is 0 Å². The molecule has 0 aromatic heterocycles. The Bertz CT molecular complexity index is 476. The zero-order valence-electron chi connectivity index (χ0n) is 12.1. The number of amides is 1. The van der Waals surface area contributed by atoms with Gasteiger partial charge in [-0.05, 0) is 36.5 Å². The van der Waals surface area contributed by atoms with Gasteiger partial charge in [-0.25, -0.2) is 0 Å². The largest absolute Gasteiger partial charge is 0.497 e. The second-order valence-corrected chi connectivity index (χ2v) is 5.98. The Morgan fingerprint density at radius 1 is 1.40 bits per heavy atom. The van der Waals surface area contributed by atoms with E-state index in [1.165, 1.54) is 19.3 Å². The number of nitrogens with one attached hydrogen (secondary N) is 1. The van der Waals surface area contributed by atoms with Crippen LogP contribution >= 0.6 is 11.6 Å². The van der Waals surface area contributed by atoms with Crippen LogP contribution in [0.5, 0.6) is 5.75 Å². The summed E-state index contributed by atoms with van der Waals surface area (Å²) in [6.45, 7) is 2.21. The van der Waals surface area contributed by atoms with Crippen molar-refractivity contribution < 1.29 is 9.53 Å². The van der Waals surface area contributed by atoms with Crippen molar-refractivity contribution in [2.75, 3.05) is 7.11 Å². The summed E-state index contributed by atoms with van der Waals surface area (Å²) in [5.41, 5.74) is 0.841. The third-order valence-electron chi connectivity index (χ3n) is 4.07. The zero-order chi connectivity index (χ0) is 14.5. The molecule has 0 aliphatic heterocycles. The molecule has 1 N–H and O–H groups in total. The molecule has 0 bridgehead atoms. The fraction of sp³-hybridized carbons (Fsp3) is 0.562. The van der Waals surface area contributed by atoms with E-state index in [1.807, 2.05) is 12.1 Å². The Balaban J connectivity index is 1.94. The molecule has 1 aliphatic rings. The monoisotopic (exact) mass is 295 g/mol. The van der Waals surface area contributed by atoms with Gasteiger partial charge in [-0.15, -0.1) is 0 Å². The molecule has 1 amide bonds. The van der Waals surface area contributed by atoms with Gasteiger partial charge < -0.3 is 10.1 Å². The molecule has 1 aliphatic carbocycles. The number of hydrogen-bond acceptors (Lipinski definition) is 2. The Morgan fingerprint density at radius 3 is 2.80 bits per heavy atom. The predicted octanol–water partition coefficient (Wildman–Crippen LogP) is 3.59. The van der Waals surface area contributed by atoms with Crippen molar-refractivity contribution in [3.63, 3.8) is 0 Å². The van der Waals surface area contributed by atoms with E-state index in [1.54, 1.807) is 13.2 Å². The van der Waals surface area contributed by atoms with Crippen molar-refractivity contribution in [3.8, 4) is 5.75 Å². The van der Waals surface area contributed by atoms with Gasteiger partial charge in [0.05, 0.1) is 13.5 Å². The minimum atomic E-state index is 0.0517. The van der Waals surface area contributed by atoms with Crippen molar-refractivity contribution in [3.05, 3.63) is 28.8 Å². The Hall–Kier alpha value is -1.22. The van der Waals surface area contributed by atoms with Crippen molar-refractivity contribution in [1.29, 1.82) is 0 Å². The number of hydrogen-bond donors (Lipinski definition) is 1. The Morgan fingerprint density at radius 2 is 2.15 bits per heavy atom. The highest BCUT2D eigenvalue weighted by Gasteiger charge is 2.22. The van der Waals surface area contributed by atoms with Crippen LogP contribution in [0.1, 0.15) is 38.2 Å². The Labute approximate surface area is 125 Å². The number of halogens is 1. The minimum absolute atomic E-state index is 0.0517. The van der Waals surface area contributed by atoms with Crippen molar-refractivity contribution in [1.82, 2.24) is 5.32 Å². The van der Waals surface area contributed by atoms with Gasteiger partial charge in [0.1, 0.15) is 5.75 Å². The van der Waals surface area contributed by atoms with Crippen molar-refractivity contribution >= 4 is 17.5 Å². The zero-order valence-corrected chi connectivity index (χ0v) is 12.9. The average molecular weight is 296 g/mol. The average Bonchev–Trinajstić information content (AvgIpc) is 2.43. The van der Waals surface area contributed by atoms with E-state index in [0.717, 1.165) is 12.0 Å². The molecule has 2 unspecified atom stereocenters. The molecule has 2 atom stereocenters.